The van der Waals surface area contributed by atoms with Gasteiger partial charge in [-0.1, -0.05) is 56.1 Å². The molecule has 0 heterocycles. The first-order valence-electron chi connectivity index (χ1n) is 6.24. The number of carbonyl (C=O) groups is 1. The highest BCUT2D eigenvalue weighted by Crippen LogP contribution is 2.21. The van der Waals surface area contributed by atoms with Gasteiger partial charge in [-0.15, -0.1) is 0 Å². The van der Waals surface area contributed by atoms with Gasteiger partial charge in [0.2, 0.25) is 0 Å². The van der Waals surface area contributed by atoms with Crippen molar-refractivity contribution >= 4 is 37.8 Å². The van der Waals surface area contributed by atoms with Gasteiger partial charge in [0.15, 0.2) is 0 Å². The maximum Gasteiger partial charge on any atom is 0.254 e. The van der Waals surface area contributed by atoms with E-state index in [9.17, 15) is 4.79 Å². The highest BCUT2D eigenvalue weighted by atomic mass is 79.9. The summed E-state index contributed by atoms with van der Waals surface area (Å²) >= 11 is 6.92. The molecule has 2 aromatic carbocycles. The summed E-state index contributed by atoms with van der Waals surface area (Å²) in [7, 11) is 1.82. The molecule has 0 aromatic heterocycles. The Hall–Kier alpha value is -1.13. The van der Waals surface area contributed by atoms with Crippen LogP contribution in [0.3, 0.4) is 0 Å². The van der Waals surface area contributed by atoms with Crippen molar-refractivity contribution in [1.29, 1.82) is 0 Å². The molecule has 0 saturated heterocycles. The zero-order chi connectivity index (χ0) is 14.7. The molecule has 1 amide bonds. The van der Waals surface area contributed by atoms with Crippen LogP contribution in [0, 0.1) is 6.92 Å². The van der Waals surface area contributed by atoms with Crippen molar-refractivity contribution in [3.63, 3.8) is 0 Å². The minimum absolute atomic E-state index is 0.0274. The lowest BCUT2D eigenvalue weighted by Crippen LogP contribution is -2.27. The van der Waals surface area contributed by atoms with Crippen molar-refractivity contribution < 1.29 is 4.79 Å². The number of halogens is 2. The molecule has 2 aromatic rings. The number of aryl methyl sites for hydroxylation is 1. The maximum absolute atomic E-state index is 12.5. The third kappa shape index (κ3) is 3.49. The Balaban J connectivity index is 2.21. The summed E-state index contributed by atoms with van der Waals surface area (Å²) in [6.07, 6.45) is 0. The van der Waals surface area contributed by atoms with Crippen LogP contribution in [0.25, 0.3) is 0 Å². The first-order valence-corrected chi connectivity index (χ1v) is 7.82. The highest BCUT2D eigenvalue weighted by Gasteiger charge is 2.15. The number of rotatable bonds is 3. The Kier molecular flexibility index (Phi) is 5.00. The van der Waals surface area contributed by atoms with E-state index in [1.807, 2.05) is 56.4 Å². The van der Waals surface area contributed by atoms with E-state index in [-0.39, 0.29) is 5.91 Å². The summed E-state index contributed by atoms with van der Waals surface area (Å²) in [4.78, 5) is 14.3. The molecule has 0 unspecified atom stereocenters. The largest absolute Gasteiger partial charge is 0.337 e. The third-order valence-electron chi connectivity index (χ3n) is 3.14. The summed E-state index contributed by atoms with van der Waals surface area (Å²) < 4.78 is 1.94. The van der Waals surface area contributed by atoms with Gasteiger partial charge in [-0.25, -0.2) is 0 Å². The normalized spacial score (nSPS) is 10.4. The van der Waals surface area contributed by atoms with Gasteiger partial charge in [-0.3, -0.25) is 4.79 Å². The van der Waals surface area contributed by atoms with E-state index in [2.05, 4.69) is 31.9 Å². The van der Waals surface area contributed by atoms with Crippen LogP contribution in [0.2, 0.25) is 0 Å². The van der Waals surface area contributed by atoms with Gasteiger partial charge in [-0.2, -0.15) is 0 Å². The van der Waals surface area contributed by atoms with Crippen LogP contribution >= 0.6 is 31.9 Å². The van der Waals surface area contributed by atoms with E-state index in [0.717, 1.165) is 25.6 Å². The summed E-state index contributed by atoms with van der Waals surface area (Å²) in [5, 5.41) is 0. The summed E-state index contributed by atoms with van der Waals surface area (Å²) in [5.41, 5.74) is 2.81. The molecule has 0 aliphatic rings. The number of amides is 1. The minimum atomic E-state index is 0.0274. The second-order valence-electron chi connectivity index (χ2n) is 4.71. The Bertz CT molecular complexity index is 640. The first-order chi connectivity index (χ1) is 9.49. The average Bonchev–Trinajstić information content (AvgIpc) is 2.43. The Labute approximate surface area is 136 Å². The van der Waals surface area contributed by atoms with Crippen molar-refractivity contribution in [2.45, 2.75) is 13.5 Å². The monoisotopic (exact) mass is 395 g/mol. The molecule has 4 heteroatoms. The van der Waals surface area contributed by atoms with Gasteiger partial charge in [-0.05, 0) is 36.2 Å². The topological polar surface area (TPSA) is 20.3 Å². The fourth-order valence-corrected chi connectivity index (χ4v) is 2.76. The van der Waals surface area contributed by atoms with Crippen molar-refractivity contribution in [3.8, 4) is 0 Å². The second-order valence-corrected chi connectivity index (χ2v) is 6.48. The Morgan fingerprint density at radius 3 is 2.55 bits per heavy atom. The number of hydrogen-bond donors (Lipinski definition) is 0. The maximum atomic E-state index is 12.5. The summed E-state index contributed by atoms with van der Waals surface area (Å²) in [6.45, 7) is 2.53. The van der Waals surface area contributed by atoms with Gasteiger partial charge < -0.3 is 4.90 Å². The molecular formula is C16H15Br2NO. The number of hydrogen-bond acceptors (Lipinski definition) is 1. The molecule has 0 saturated carbocycles. The smallest absolute Gasteiger partial charge is 0.254 e. The average molecular weight is 397 g/mol. The van der Waals surface area contributed by atoms with Crippen LogP contribution in [-0.4, -0.2) is 17.9 Å². The molecule has 0 radical (unpaired) electrons. The van der Waals surface area contributed by atoms with Gasteiger partial charge in [0.25, 0.3) is 5.91 Å². The molecule has 0 aliphatic carbocycles. The number of carbonyl (C=O) groups excluding carboxylic acids is 1. The lowest BCUT2D eigenvalue weighted by molar-refractivity contribution is 0.0784. The van der Waals surface area contributed by atoms with E-state index in [1.165, 1.54) is 0 Å². The molecule has 0 fully saturated rings. The molecule has 0 spiro atoms. The molecule has 20 heavy (non-hydrogen) atoms. The first kappa shape index (κ1) is 15.3. The lowest BCUT2D eigenvalue weighted by atomic mass is 10.1. The molecule has 104 valence electrons. The summed E-state index contributed by atoms with van der Waals surface area (Å²) in [6, 6.07) is 13.7. The van der Waals surface area contributed by atoms with Crippen molar-refractivity contribution in [2.75, 3.05) is 7.05 Å². The second kappa shape index (κ2) is 6.55. The van der Waals surface area contributed by atoms with Crippen molar-refractivity contribution in [3.05, 3.63) is 68.1 Å². The Morgan fingerprint density at radius 2 is 1.85 bits per heavy atom. The van der Waals surface area contributed by atoms with Gasteiger partial charge in [0.05, 0.1) is 0 Å². The van der Waals surface area contributed by atoms with Crippen LogP contribution in [0.1, 0.15) is 21.5 Å². The highest BCUT2D eigenvalue weighted by molar-refractivity contribution is 9.10. The zero-order valence-corrected chi connectivity index (χ0v) is 14.5. The molecular weight excluding hydrogens is 382 g/mol. The van der Waals surface area contributed by atoms with Crippen LogP contribution in [0.4, 0.5) is 0 Å². The van der Waals surface area contributed by atoms with E-state index < -0.39 is 0 Å². The fraction of sp³-hybridized carbons (Fsp3) is 0.188. The molecule has 0 atom stereocenters. The summed E-state index contributed by atoms with van der Waals surface area (Å²) in [5.74, 6) is 0.0274. The SMILES string of the molecule is Cc1ccc(Br)cc1C(=O)N(C)Cc1ccccc1Br. The van der Waals surface area contributed by atoms with Gasteiger partial charge >= 0.3 is 0 Å². The third-order valence-corrected chi connectivity index (χ3v) is 4.41. The molecule has 2 nitrogen and oxygen atoms in total. The zero-order valence-electron chi connectivity index (χ0n) is 11.4. The van der Waals surface area contributed by atoms with Crippen LogP contribution in [0.15, 0.2) is 51.4 Å². The van der Waals surface area contributed by atoms with Crippen molar-refractivity contribution in [2.24, 2.45) is 0 Å². The van der Waals surface area contributed by atoms with Crippen LogP contribution in [-0.2, 0) is 6.54 Å². The van der Waals surface area contributed by atoms with E-state index >= 15 is 0 Å². The minimum Gasteiger partial charge on any atom is -0.337 e. The van der Waals surface area contributed by atoms with Gasteiger partial charge in [0, 0.05) is 28.1 Å². The molecule has 0 N–H and O–H groups in total. The van der Waals surface area contributed by atoms with E-state index in [1.54, 1.807) is 4.90 Å². The van der Waals surface area contributed by atoms with E-state index in [0.29, 0.717) is 6.54 Å². The molecule has 2 rings (SSSR count). The van der Waals surface area contributed by atoms with Gasteiger partial charge in [0.1, 0.15) is 0 Å². The quantitative estimate of drug-likeness (QED) is 0.730. The van der Waals surface area contributed by atoms with Crippen molar-refractivity contribution in [1.82, 2.24) is 4.90 Å². The molecule has 0 aliphatic heterocycles. The lowest BCUT2D eigenvalue weighted by Gasteiger charge is -2.19. The Morgan fingerprint density at radius 1 is 1.15 bits per heavy atom. The predicted octanol–water partition coefficient (Wildman–Crippen LogP) is 4.79. The van der Waals surface area contributed by atoms with Crippen LogP contribution in [0.5, 0.6) is 0 Å². The molecule has 0 bridgehead atoms. The predicted molar refractivity (Wildman–Crippen MR) is 88.8 cm³/mol. The van der Waals surface area contributed by atoms with E-state index in [4.69, 9.17) is 0 Å². The fourth-order valence-electron chi connectivity index (χ4n) is 1.98. The number of benzene rings is 2. The standard InChI is InChI=1S/C16H15Br2NO/c1-11-7-8-13(17)9-14(11)16(20)19(2)10-12-5-3-4-6-15(12)18/h3-9H,10H2,1-2H3. The number of nitrogens with zero attached hydrogens (tertiary/aromatic N) is 1. The van der Waals surface area contributed by atoms with Crippen LogP contribution < -0.4 is 0 Å².